The van der Waals surface area contributed by atoms with Crippen LogP contribution in [0.15, 0.2) is 60.7 Å². The third-order valence-electron chi connectivity index (χ3n) is 6.61. The molecule has 0 unspecified atom stereocenters. The van der Waals surface area contributed by atoms with Crippen molar-refractivity contribution in [2.75, 3.05) is 25.7 Å². The van der Waals surface area contributed by atoms with Crippen molar-refractivity contribution in [3.05, 3.63) is 94.0 Å². The molecule has 5 rings (SSSR count). The molecule has 0 atom stereocenters. The fourth-order valence-corrected chi connectivity index (χ4v) is 4.87. The predicted octanol–water partition coefficient (Wildman–Crippen LogP) is 3.87. The fraction of sp³-hybridized carbons (Fsp3) is 0.214. The van der Waals surface area contributed by atoms with Crippen LogP contribution in [0.1, 0.15) is 59.0 Å². The molecule has 8 heteroatoms. The molecule has 3 aromatic carbocycles. The molecule has 0 N–H and O–H groups in total. The van der Waals surface area contributed by atoms with E-state index in [1.165, 1.54) is 19.1 Å². The summed E-state index contributed by atoms with van der Waals surface area (Å²) in [7, 11) is 2.81. The Labute approximate surface area is 208 Å². The van der Waals surface area contributed by atoms with Gasteiger partial charge in [0.05, 0.1) is 43.0 Å². The quantitative estimate of drug-likeness (QED) is 0.403. The molecule has 0 fully saturated rings. The zero-order valence-corrected chi connectivity index (χ0v) is 19.9. The average Bonchev–Trinajstić information content (AvgIpc) is 3.16. The Morgan fingerprint density at radius 1 is 0.889 bits per heavy atom. The number of hydrogen-bond acceptors (Lipinski definition) is 6. The summed E-state index contributed by atoms with van der Waals surface area (Å²) >= 11 is 0. The normalized spacial score (nSPS) is 14.4. The number of imide groups is 1. The molecular formula is C28H24N2O6. The number of anilines is 1. The molecule has 0 saturated carbocycles. The lowest BCUT2D eigenvalue weighted by Gasteiger charge is -2.31. The lowest BCUT2D eigenvalue weighted by molar-refractivity contribution is 0.0596. The number of esters is 1. The molecule has 182 valence electrons. The molecule has 2 heterocycles. The standard InChI is InChI=1S/C28H24N2O6/c1-35-24-13-12-17(16-30-25(31)19-7-3-4-8-20(19)26(30)32)15-22(24)27(33)29-14-6-10-18-21(28(34)36-2)9-5-11-23(18)29/h3-5,7-9,11-13,15H,6,10,14,16H2,1-2H3. The molecule has 0 spiro atoms. The number of methoxy groups -OCH3 is 2. The topological polar surface area (TPSA) is 93.2 Å². The van der Waals surface area contributed by atoms with E-state index in [1.54, 1.807) is 59.5 Å². The highest BCUT2D eigenvalue weighted by Crippen LogP contribution is 2.33. The van der Waals surface area contributed by atoms with Crippen molar-refractivity contribution < 1.29 is 28.7 Å². The maximum atomic E-state index is 13.8. The van der Waals surface area contributed by atoms with Crippen LogP contribution in [-0.2, 0) is 17.7 Å². The summed E-state index contributed by atoms with van der Waals surface area (Å²) in [5.41, 5.74) is 3.54. The number of carbonyl (C=O) groups is 4. The Morgan fingerprint density at radius 2 is 1.61 bits per heavy atom. The number of carbonyl (C=O) groups excluding carboxylic acids is 4. The van der Waals surface area contributed by atoms with Crippen LogP contribution >= 0.6 is 0 Å². The van der Waals surface area contributed by atoms with Gasteiger partial charge in [-0.05, 0) is 60.4 Å². The van der Waals surface area contributed by atoms with Gasteiger partial charge in [-0.25, -0.2) is 4.79 Å². The summed E-state index contributed by atoms with van der Waals surface area (Å²) in [5, 5.41) is 0. The maximum Gasteiger partial charge on any atom is 0.338 e. The Hall–Kier alpha value is -4.46. The predicted molar refractivity (Wildman–Crippen MR) is 131 cm³/mol. The van der Waals surface area contributed by atoms with Crippen molar-refractivity contribution in [1.82, 2.24) is 4.90 Å². The molecule has 0 saturated heterocycles. The summed E-state index contributed by atoms with van der Waals surface area (Å²) in [6.45, 7) is 0.502. The van der Waals surface area contributed by atoms with E-state index in [4.69, 9.17) is 9.47 Å². The first-order chi connectivity index (χ1) is 17.4. The summed E-state index contributed by atoms with van der Waals surface area (Å²) in [5.74, 6) is -1.08. The summed E-state index contributed by atoms with van der Waals surface area (Å²) in [6.07, 6.45) is 1.34. The van der Waals surface area contributed by atoms with Gasteiger partial charge in [0.2, 0.25) is 0 Å². The van der Waals surface area contributed by atoms with E-state index in [9.17, 15) is 19.2 Å². The minimum Gasteiger partial charge on any atom is -0.496 e. The van der Waals surface area contributed by atoms with Crippen molar-refractivity contribution in [3.8, 4) is 5.75 Å². The van der Waals surface area contributed by atoms with E-state index in [1.807, 2.05) is 6.07 Å². The highest BCUT2D eigenvalue weighted by atomic mass is 16.5. The van der Waals surface area contributed by atoms with E-state index in [2.05, 4.69) is 0 Å². The van der Waals surface area contributed by atoms with Gasteiger partial charge in [-0.3, -0.25) is 19.3 Å². The van der Waals surface area contributed by atoms with Crippen LogP contribution in [0.5, 0.6) is 5.75 Å². The molecule has 2 aliphatic rings. The van der Waals surface area contributed by atoms with Crippen LogP contribution in [0.4, 0.5) is 5.69 Å². The Kier molecular flexibility index (Phi) is 6.01. The molecule has 8 nitrogen and oxygen atoms in total. The van der Waals surface area contributed by atoms with E-state index >= 15 is 0 Å². The van der Waals surface area contributed by atoms with Crippen molar-refractivity contribution in [1.29, 1.82) is 0 Å². The smallest absolute Gasteiger partial charge is 0.338 e. The van der Waals surface area contributed by atoms with Gasteiger partial charge in [0.1, 0.15) is 5.75 Å². The number of hydrogen-bond donors (Lipinski definition) is 0. The number of fused-ring (bicyclic) bond motifs is 2. The minimum absolute atomic E-state index is 0.0275. The third-order valence-corrected chi connectivity index (χ3v) is 6.61. The molecule has 3 amide bonds. The molecule has 0 aromatic heterocycles. The Bertz CT molecular complexity index is 1380. The first-order valence-corrected chi connectivity index (χ1v) is 11.6. The van der Waals surface area contributed by atoms with Crippen LogP contribution in [0.3, 0.4) is 0 Å². The fourth-order valence-electron chi connectivity index (χ4n) is 4.87. The zero-order valence-electron chi connectivity index (χ0n) is 19.9. The molecule has 3 aromatic rings. The zero-order chi connectivity index (χ0) is 25.4. The first kappa shape index (κ1) is 23.3. The highest BCUT2D eigenvalue weighted by Gasteiger charge is 2.35. The van der Waals surface area contributed by atoms with Crippen LogP contribution in [0.2, 0.25) is 0 Å². The number of nitrogens with zero attached hydrogens (tertiary/aromatic N) is 2. The van der Waals surface area contributed by atoms with E-state index in [-0.39, 0.29) is 24.3 Å². The SMILES string of the molecule is COC(=O)c1cccc2c1CCCN2C(=O)c1cc(CN2C(=O)c3ccccc3C2=O)ccc1OC. The van der Waals surface area contributed by atoms with Crippen LogP contribution < -0.4 is 9.64 Å². The number of benzene rings is 3. The van der Waals surface area contributed by atoms with Crippen molar-refractivity contribution in [2.45, 2.75) is 19.4 Å². The van der Waals surface area contributed by atoms with Crippen LogP contribution in [0.25, 0.3) is 0 Å². The van der Waals surface area contributed by atoms with Crippen LogP contribution in [-0.4, -0.2) is 49.4 Å². The van der Waals surface area contributed by atoms with Crippen molar-refractivity contribution in [2.24, 2.45) is 0 Å². The average molecular weight is 485 g/mol. The molecule has 2 aliphatic heterocycles. The lowest BCUT2D eigenvalue weighted by Crippen LogP contribution is -2.36. The van der Waals surface area contributed by atoms with Gasteiger partial charge >= 0.3 is 5.97 Å². The molecule has 0 bridgehead atoms. The van der Waals surface area contributed by atoms with Gasteiger partial charge < -0.3 is 14.4 Å². The van der Waals surface area contributed by atoms with Gasteiger partial charge in [-0.1, -0.05) is 24.3 Å². The summed E-state index contributed by atoms with van der Waals surface area (Å²) in [6, 6.07) is 17.0. The van der Waals surface area contributed by atoms with Gasteiger partial charge in [0.15, 0.2) is 0 Å². The van der Waals surface area contributed by atoms with Gasteiger partial charge in [0, 0.05) is 12.2 Å². The van der Waals surface area contributed by atoms with Gasteiger partial charge in [-0.2, -0.15) is 0 Å². The maximum absolute atomic E-state index is 13.8. The second-order valence-electron chi connectivity index (χ2n) is 8.63. The lowest BCUT2D eigenvalue weighted by atomic mass is 9.95. The van der Waals surface area contributed by atoms with Crippen LogP contribution in [0, 0.1) is 0 Å². The first-order valence-electron chi connectivity index (χ1n) is 11.6. The molecule has 36 heavy (non-hydrogen) atoms. The molecule has 0 radical (unpaired) electrons. The van der Waals surface area contributed by atoms with Crippen molar-refractivity contribution >= 4 is 29.4 Å². The van der Waals surface area contributed by atoms with E-state index in [0.717, 1.165) is 5.56 Å². The monoisotopic (exact) mass is 484 g/mol. The van der Waals surface area contributed by atoms with E-state index in [0.29, 0.717) is 58.6 Å². The van der Waals surface area contributed by atoms with Crippen molar-refractivity contribution in [3.63, 3.8) is 0 Å². The molecule has 0 aliphatic carbocycles. The van der Waals surface area contributed by atoms with Gasteiger partial charge in [-0.15, -0.1) is 0 Å². The minimum atomic E-state index is -0.443. The Balaban J connectivity index is 1.47. The summed E-state index contributed by atoms with van der Waals surface area (Å²) in [4.78, 5) is 54.5. The largest absolute Gasteiger partial charge is 0.496 e. The third kappa shape index (κ3) is 3.80. The number of ether oxygens (including phenoxy) is 2. The highest BCUT2D eigenvalue weighted by molar-refractivity contribution is 6.21. The number of rotatable bonds is 5. The van der Waals surface area contributed by atoms with Gasteiger partial charge in [0.25, 0.3) is 17.7 Å². The second kappa shape index (κ2) is 9.30. The summed E-state index contributed by atoms with van der Waals surface area (Å²) < 4.78 is 10.4. The number of amides is 3. The van der Waals surface area contributed by atoms with E-state index < -0.39 is 5.97 Å². The molecular weight excluding hydrogens is 460 g/mol. The Morgan fingerprint density at radius 3 is 2.28 bits per heavy atom. The second-order valence-corrected chi connectivity index (χ2v) is 8.63.